The first kappa shape index (κ1) is 31.2. The van der Waals surface area contributed by atoms with E-state index in [0.717, 1.165) is 45.7 Å². The Morgan fingerprint density at radius 1 is 0.767 bits per heavy atom. The monoisotopic (exact) mass is 579 g/mol. The summed E-state index contributed by atoms with van der Waals surface area (Å²) in [4.78, 5) is 11.9. The first-order valence-electron chi connectivity index (χ1n) is 14.6. The van der Waals surface area contributed by atoms with Crippen molar-refractivity contribution < 1.29 is 23.7 Å². The molecule has 0 spiro atoms. The minimum absolute atomic E-state index is 0.323. The van der Waals surface area contributed by atoms with E-state index in [1.54, 1.807) is 7.11 Å². The molecule has 224 valence electrons. The average molecular weight is 580 g/mol. The molecular formula is C37H41NO5. The number of hydrogen-bond acceptors (Lipinski definition) is 5. The number of rotatable bonds is 12. The molecule has 4 rings (SSSR count). The van der Waals surface area contributed by atoms with Crippen LogP contribution in [0, 0.1) is 0 Å². The first-order valence-corrected chi connectivity index (χ1v) is 14.6. The van der Waals surface area contributed by atoms with E-state index < -0.39 is 11.7 Å². The molecule has 6 heteroatoms. The maximum Gasteiger partial charge on any atom is 0.407 e. The maximum absolute atomic E-state index is 11.9. The lowest BCUT2D eigenvalue weighted by atomic mass is 9.87. The zero-order chi connectivity index (χ0) is 30.7. The fourth-order valence-corrected chi connectivity index (χ4v) is 4.72. The van der Waals surface area contributed by atoms with Crippen molar-refractivity contribution in [3.05, 3.63) is 125 Å². The zero-order valence-electron chi connectivity index (χ0n) is 25.7. The highest BCUT2D eigenvalue weighted by Gasteiger charge is 2.18. The Kier molecular flexibility index (Phi) is 10.9. The second-order valence-corrected chi connectivity index (χ2v) is 11.0. The normalized spacial score (nSPS) is 11.7. The molecule has 0 fully saturated rings. The van der Waals surface area contributed by atoms with Crippen molar-refractivity contribution in [2.24, 2.45) is 0 Å². The van der Waals surface area contributed by atoms with Crippen LogP contribution in [0.15, 0.2) is 103 Å². The summed E-state index contributed by atoms with van der Waals surface area (Å²) in [7, 11) is 1.69. The number of nitrogens with one attached hydrogen (secondary N) is 1. The number of allylic oxidation sites excluding steroid dienone is 1. The van der Waals surface area contributed by atoms with Crippen molar-refractivity contribution in [2.45, 2.75) is 46.3 Å². The lowest BCUT2D eigenvalue weighted by Crippen LogP contribution is -2.34. The third-order valence-corrected chi connectivity index (χ3v) is 6.65. The van der Waals surface area contributed by atoms with Gasteiger partial charge in [-0.3, -0.25) is 0 Å². The smallest absolute Gasteiger partial charge is 0.407 e. The van der Waals surface area contributed by atoms with Gasteiger partial charge in [0.05, 0.1) is 13.7 Å². The van der Waals surface area contributed by atoms with Crippen LogP contribution in [0.1, 0.15) is 56.4 Å². The Morgan fingerprint density at radius 3 is 2.05 bits per heavy atom. The van der Waals surface area contributed by atoms with Crippen LogP contribution in [-0.4, -0.2) is 32.0 Å². The Balaban J connectivity index is 1.59. The van der Waals surface area contributed by atoms with E-state index in [2.05, 4.69) is 54.7 Å². The second kappa shape index (κ2) is 15.0. The fraction of sp³-hybridized carbons (Fsp3) is 0.270. The molecule has 4 aromatic rings. The number of benzene rings is 4. The van der Waals surface area contributed by atoms with E-state index in [1.807, 2.05) is 81.4 Å². The summed E-state index contributed by atoms with van der Waals surface area (Å²) in [5.41, 5.74) is 6.01. The van der Waals surface area contributed by atoms with Gasteiger partial charge in [0.25, 0.3) is 0 Å². The van der Waals surface area contributed by atoms with E-state index in [0.29, 0.717) is 25.5 Å². The van der Waals surface area contributed by atoms with Crippen LogP contribution >= 0.6 is 0 Å². The highest BCUT2D eigenvalue weighted by atomic mass is 16.6. The Morgan fingerprint density at radius 2 is 1.42 bits per heavy atom. The van der Waals surface area contributed by atoms with E-state index in [9.17, 15) is 4.79 Å². The first-order chi connectivity index (χ1) is 20.8. The number of carbonyl (C=O) groups is 1. The van der Waals surface area contributed by atoms with Gasteiger partial charge in [-0.25, -0.2) is 4.79 Å². The van der Waals surface area contributed by atoms with Gasteiger partial charge in [0.2, 0.25) is 0 Å². The third-order valence-electron chi connectivity index (χ3n) is 6.65. The molecule has 0 heterocycles. The van der Waals surface area contributed by atoms with Crippen molar-refractivity contribution in [1.82, 2.24) is 5.32 Å². The SMILES string of the molecule is CC/C(=C(/c1ccc(OCCNC(=O)OC(C)(C)C)cc1)c1ccc(OCc2ccccc2)cc1OC)c1ccccc1. The molecule has 0 bridgehead atoms. The summed E-state index contributed by atoms with van der Waals surface area (Å²) >= 11 is 0. The van der Waals surface area contributed by atoms with Crippen LogP contribution in [0.3, 0.4) is 0 Å². The Hall–Kier alpha value is -4.71. The van der Waals surface area contributed by atoms with Gasteiger partial charge >= 0.3 is 6.09 Å². The van der Waals surface area contributed by atoms with Gasteiger partial charge in [-0.05, 0) is 79.3 Å². The highest BCUT2D eigenvalue weighted by Crippen LogP contribution is 2.40. The molecular weight excluding hydrogens is 538 g/mol. The van der Waals surface area contributed by atoms with Crippen LogP contribution in [0.5, 0.6) is 17.2 Å². The Labute approximate surface area is 255 Å². The minimum Gasteiger partial charge on any atom is -0.496 e. The van der Waals surface area contributed by atoms with Gasteiger partial charge < -0.3 is 24.3 Å². The van der Waals surface area contributed by atoms with E-state index in [-0.39, 0.29) is 0 Å². The molecule has 0 saturated carbocycles. The van der Waals surface area contributed by atoms with Crippen LogP contribution in [0.4, 0.5) is 4.79 Å². The predicted octanol–water partition coefficient (Wildman–Crippen LogP) is 8.55. The third kappa shape index (κ3) is 9.14. The van der Waals surface area contributed by atoms with Crippen molar-refractivity contribution in [3.8, 4) is 17.2 Å². The van der Waals surface area contributed by atoms with E-state index in [4.69, 9.17) is 18.9 Å². The maximum atomic E-state index is 11.9. The number of hydrogen-bond donors (Lipinski definition) is 1. The molecule has 0 aromatic heterocycles. The van der Waals surface area contributed by atoms with Gasteiger partial charge in [-0.2, -0.15) is 0 Å². The summed E-state index contributed by atoms with van der Waals surface area (Å²) in [6.45, 7) is 8.80. The number of carbonyl (C=O) groups excluding carboxylic acids is 1. The largest absolute Gasteiger partial charge is 0.496 e. The van der Waals surface area contributed by atoms with Gasteiger partial charge in [0.15, 0.2) is 0 Å². The molecule has 1 N–H and O–H groups in total. The molecule has 0 unspecified atom stereocenters. The van der Waals surface area contributed by atoms with Crippen LogP contribution < -0.4 is 19.5 Å². The summed E-state index contributed by atoms with van der Waals surface area (Å²) < 4.78 is 23.2. The lowest BCUT2D eigenvalue weighted by Gasteiger charge is -2.20. The quantitative estimate of drug-likeness (QED) is 0.135. The molecule has 43 heavy (non-hydrogen) atoms. The van der Waals surface area contributed by atoms with Crippen molar-refractivity contribution >= 4 is 17.2 Å². The molecule has 1 amide bonds. The Bertz CT molecular complexity index is 1490. The predicted molar refractivity (Wildman–Crippen MR) is 173 cm³/mol. The van der Waals surface area contributed by atoms with Gasteiger partial charge in [0.1, 0.15) is 36.1 Å². The molecule has 0 saturated heterocycles. The van der Waals surface area contributed by atoms with E-state index in [1.165, 1.54) is 5.57 Å². The summed E-state index contributed by atoms with van der Waals surface area (Å²) in [5.74, 6) is 2.18. The van der Waals surface area contributed by atoms with Crippen molar-refractivity contribution in [3.63, 3.8) is 0 Å². The van der Waals surface area contributed by atoms with Gasteiger partial charge in [-0.1, -0.05) is 79.7 Å². The topological polar surface area (TPSA) is 66.0 Å². The molecule has 0 radical (unpaired) electrons. The molecule has 0 aliphatic rings. The minimum atomic E-state index is -0.540. The van der Waals surface area contributed by atoms with E-state index >= 15 is 0 Å². The van der Waals surface area contributed by atoms with Crippen LogP contribution in [-0.2, 0) is 11.3 Å². The number of alkyl carbamates (subject to hydrolysis) is 1. The van der Waals surface area contributed by atoms with Crippen molar-refractivity contribution in [2.75, 3.05) is 20.3 Å². The molecule has 4 aromatic carbocycles. The van der Waals surface area contributed by atoms with Crippen LogP contribution in [0.25, 0.3) is 11.1 Å². The molecule has 0 aliphatic carbocycles. The summed E-state index contributed by atoms with van der Waals surface area (Å²) in [6.07, 6.45) is 0.364. The second-order valence-electron chi connectivity index (χ2n) is 11.0. The standard InChI is InChI=1S/C37H41NO5/c1-6-32(28-15-11-8-12-16-28)35(29-17-19-30(20-18-29)41-24-23-38-36(39)43-37(2,3)4)33-22-21-31(25-34(33)40-5)42-26-27-13-9-7-10-14-27/h7-22,25H,6,23-24,26H2,1-5H3,(H,38,39)/b35-32+. The molecule has 0 atom stereocenters. The highest BCUT2D eigenvalue weighted by molar-refractivity contribution is 6.00. The lowest BCUT2D eigenvalue weighted by molar-refractivity contribution is 0.0520. The average Bonchev–Trinajstić information content (AvgIpc) is 3.01. The molecule has 6 nitrogen and oxygen atoms in total. The fourth-order valence-electron chi connectivity index (χ4n) is 4.72. The zero-order valence-corrected chi connectivity index (χ0v) is 25.7. The number of methoxy groups -OCH3 is 1. The van der Waals surface area contributed by atoms with Gasteiger partial charge in [0, 0.05) is 11.6 Å². The number of ether oxygens (including phenoxy) is 4. The van der Waals surface area contributed by atoms with Crippen LogP contribution in [0.2, 0.25) is 0 Å². The van der Waals surface area contributed by atoms with Crippen molar-refractivity contribution in [1.29, 1.82) is 0 Å². The summed E-state index contributed by atoms with van der Waals surface area (Å²) in [5, 5.41) is 2.72. The molecule has 0 aliphatic heterocycles. The number of amides is 1. The summed E-state index contributed by atoms with van der Waals surface area (Å²) in [6, 6.07) is 34.5. The van der Waals surface area contributed by atoms with Gasteiger partial charge in [-0.15, -0.1) is 0 Å².